The molecule has 3 heterocycles. The van der Waals surface area contributed by atoms with E-state index in [2.05, 4.69) is 123 Å². The molecule has 50 heavy (non-hydrogen) atoms. The molecule has 0 bridgehead atoms. The molecule has 0 atom stereocenters. The highest BCUT2D eigenvalue weighted by Gasteiger charge is 2.45. The average Bonchev–Trinajstić information content (AvgIpc) is 3.89. The van der Waals surface area contributed by atoms with Crippen LogP contribution in [0.15, 0.2) is 167 Å². The Bertz CT molecular complexity index is 2320. The summed E-state index contributed by atoms with van der Waals surface area (Å²) < 4.78 is 12.3. The third kappa shape index (κ3) is 4.97. The molecule has 0 amide bonds. The van der Waals surface area contributed by atoms with Crippen molar-refractivity contribution >= 4 is 51.8 Å². The lowest BCUT2D eigenvalue weighted by atomic mass is 9.89. The summed E-state index contributed by atoms with van der Waals surface area (Å²) in [6.45, 7) is 4.90. The van der Waals surface area contributed by atoms with Crippen molar-refractivity contribution in [1.29, 1.82) is 0 Å². The van der Waals surface area contributed by atoms with E-state index < -0.39 is 8.07 Å². The smallest absolute Gasteiger partial charge is 0.227 e. The van der Waals surface area contributed by atoms with Gasteiger partial charge in [-0.2, -0.15) is 0 Å². The maximum absolute atomic E-state index is 6.15. The molecule has 8 aromatic rings. The molecule has 4 nitrogen and oxygen atoms in total. The number of hydrogen-bond acceptors (Lipinski definition) is 4. The van der Waals surface area contributed by atoms with Crippen LogP contribution in [-0.2, 0) is 0 Å². The number of aromatic nitrogens is 2. The third-order valence-corrected chi connectivity index (χ3v) is 14.8. The highest BCUT2D eigenvalue weighted by atomic mass is 28.3. The van der Waals surface area contributed by atoms with E-state index in [1.165, 1.54) is 43.8 Å². The van der Waals surface area contributed by atoms with Crippen LogP contribution in [0.3, 0.4) is 0 Å². The Kier molecular flexibility index (Phi) is 7.29. The van der Waals surface area contributed by atoms with E-state index in [0.29, 0.717) is 11.8 Å². The lowest BCUT2D eigenvalue weighted by Gasteiger charge is -2.30. The Hall–Kier alpha value is -6.04. The van der Waals surface area contributed by atoms with Crippen molar-refractivity contribution < 1.29 is 8.83 Å². The van der Waals surface area contributed by atoms with Gasteiger partial charge in [0, 0.05) is 11.1 Å². The fourth-order valence-electron chi connectivity index (χ4n) is 7.54. The molecule has 0 aliphatic carbocycles. The fourth-order valence-corrected chi connectivity index (χ4v) is 11.8. The molecule has 2 aromatic heterocycles. The van der Waals surface area contributed by atoms with E-state index in [1.807, 2.05) is 48.5 Å². The molecule has 0 spiro atoms. The Morgan fingerprint density at radius 3 is 1.16 bits per heavy atom. The van der Waals surface area contributed by atoms with Crippen LogP contribution in [0, 0.1) is 0 Å². The predicted molar refractivity (Wildman–Crippen MR) is 208 cm³/mol. The summed E-state index contributed by atoms with van der Waals surface area (Å²) >= 11 is 0. The first-order valence-electron chi connectivity index (χ1n) is 17.1. The molecule has 1 aliphatic heterocycles. The van der Waals surface area contributed by atoms with Crippen molar-refractivity contribution in [2.24, 2.45) is 0 Å². The summed E-state index contributed by atoms with van der Waals surface area (Å²) in [7, 11) is -2.36. The van der Waals surface area contributed by atoms with Gasteiger partial charge >= 0.3 is 0 Å². The van der Waals surface area contributed by atoms with E-state index in [-0.39, 0.29) is 0 Å². The predicted octanol–water partition coefficient (Wildman–Crippen LogP) is 12.0. The molecule has 0 fully saturated rings. The molecule has 0 saturated carbocycles. The van der Waals surface area contributed by atoms with Crippen LogP contribution < -0.4 is 0 Å². The van der Waals surface area contributed by atoms with Gasteiger partial charge in [-0.1, -0.05) is 129 Å². The van der Waals surface area contributed by atoms with Gasteiger partial charge in [-0.3, -0.25) is 0 Å². The SMILES string of the molecule is CC[Si]1(C)C(c2ccc(-c3nc4ccccc4o3)cc2)=C(c2ccccc2)C(c2ccccc2)=C1c1ccc(-c2nc3ccccc3o2)cc1. The molecule has 9 rings (SSSR count). The Labute approximate surface area is 292 Å². The second-order valence-electron chi connectivity index (χ2n) is 13.0. The zero-order valence-electron chi connectivity index (χ0n) is 27.9. The van der Waals surface area contributed by atoms with Crippen LogP contribution in [-0.4, -0.2) is 18.0 Å². The normalized spacial score (nSPS) is 14.3. The van der Waals surface area contributed by atoms with Crippen molar-refractivity contribution in [3.8, 4) is 22.9 Å². The molecule has 0 saturated heterocycles. The number of oxazole rings is 2. The van der Waals surface area contributed by atoms with Crippen LogP contribution in [0.4, 0.5) is 0 Å². The monoisotopic (exact) mass is 662 g/mol. The minimum absolute atomic E-state index is 0.639. The summed E-state index contributed by atoms with van der Waals surface area (Å²) in [4.78, 5) is 9.55. The summed E-state index contributed by atoms with van der Waals surface area (Å²) in [5.41, 5.74) is 12.9. The largest absolute Gasteiger partial charge is 0.436 e. The van der Waals surface area contributed by atoms with Crippen molar-refractivity contribution in [2.45, 2.75) is 19.5 Å². The van der Waals surface area contributed by atoms with Gasteiger partial charge in [0.15, 0.2) is 11.2 Å². The molecule has 0 N–H and O–H groups in total. The lowest BCUT2D eigenvalue weighted by molar-refractivity contribution is 0.619. The second-order valence-corrected chi connectivity index (χ2v) is 17.4. The zero-order valence-corrected chi connectivity index (χ0v) is 28.9. The van der Waals surface area contributed by atoms with Crippen molar-refractivity contribution in [3.05, 3.63) is 180 Å². The standard InChI is InChI=1S/C45H34N2O2Si/c1-3-50(2)42(32-22-26-34(27-23-32)44-46-36-18-10-12-20-38(36)48-44)40(30-14-6-4-7-15-30)41(31-16-8-5-9-17-31)43(50)33-24-28-35(29-25-33)45-47-37-19-11-13-21-39(37)49-45/h4-29H,3H2,1-2H3. The van der Waals surface area contributed by atoms with Gasteiger partial charge in [-0.25, -0.2) is 9.97 Å². The van der Waals surface area contributed by atoms with Crippen LogP contribution in [0.1, 0.15) is 29.2 Å². The fraction of sp³-hybridized carbons (Fsp3) is 0.0667. The maximum atomic E-state index is 6.15. The minimum Gasteiger partial charge on any atom is -0.436 e. The van der Waals surface area contributed by atoms with Gasteiger partial charge in [0.05, 0.1) is 0 Å². The number of hydrogen-bond donors (Lipinski definition) is 0. The van der Waals surface area contributed by atoms with Crippen molar-refractivity contribution in [2.75, 3.05) is 0 Å². The molecule has 240 valence electrons. The van der Waals surface area contributed by atoms with Crippen LogP contribution in [0.5, 0.6) is 0 Å². The first kappa shape index (κ1) is 30.0. The van der Waals surface area contributed by atoms with E-state index in [0.717, 1.165) is 39.4 Å². The minimum atomic E-state index is -2.36. The van der Waals surface area contributed by atoms with Gasteiger partial charge in [0.2, 0.25) is 11.8 Å². The molecular weight excluding hydrogens is 629 g/mol. The Morgan fingerprint density at radius 1 is 0.420 bits per heavy atom. The van der Waals surface area contributed by atoms with E-state index >= 15 is 0 Å². The quantitative estimate of drug-likeness (QED) is 0.159. The lowest BCUT2D eigenvalue weighted by Crippen LogP contribution is -2.32. The summed E-state index contributed by atoms with van der Waals surface area (Å²) in [5, 5.41) is 2.90. The molecule has 0 radical (unpaired) electrons. The average molecular weight is 663 g/mol. The second kappa shape index (κ2) is 12.1. The number of fused-ring (bicyclic) bond motifs is 2. The van der Waals surface area contributed by atoms with Gasteiger partial charge < -0.3 is 8.83 Å². The van der Waals surface area contributed by atoms with Crippen LogP contribution in [0.2, 0.25) is 12.6 Å². The summed E-state index contributed by atoms with van der Waals surface area (Å²) in [5.74, 6) is 1.28. The summed E-state index contributed by atoms with van der Waals surface area (Å²) in [6, 6.07) is 56.4. The molecule has 6 aromatic carbocycles. The number of nitrogens with zero attached hydrogens (tertiary/aromatic N) is 2. The van der Waals surface area contributed by atoms with Gasteiger partial charge in [-0.15, -0.1) is 0 Å². The first-order valence-corrected chi connectivity index (χ1v) is 19.8. The highest BCUT2D eigenvalue weighted by molar-refractivity contribution is 7.13. The van der Waals surface area contributed by atoms with Crippen LogP contribution >= 0.6 is 0 Å². The summed E-state index contributed by atoms with van der Waals surface area (Å²) in [6.07, 6.45) is 0. The highest BCUT2D eigenvalue weighted by Crippen LogP contribution is 2.57. The molecule has 5 heteroatoms. The third-order valence-electron chi connectivity index (χ3n) is 10.1. The van der Waals surface area contributed by atoms with Gasteiger partial charge in [0.25, 0.3) is 0 Å². The maximum Gasteiger partial charge on any atom is 0.227 e. The number of para-hydroxylation sites is 4. The first-order chi connectivity index (χ1) is 24.6. The topological polar surface area (TPSA) is 52.1 Å². The van der Waals surface area contributed by atoms with Crippen LogP contribution in [0.25, 0.3) is 66.6 Å². The van der Waals surface area contributed by atoms with E-state index in [1.54, 1.807) is 0 Å². The van der Waals surface area contributed by atoms with E-state index in [4.69, 9.17) is 18.8 Å². The Morgan fingerprint density at radius 2 is 0.780 bits per heavy atom. The zero-order chi connectivity index (χ0) is 33.7. The number of benzene rings is 6. The van der Waals surface area contributed by atoms with E-state index in [9.17, 15) is 0 Å². The van der Waals surface area contributed by atoms with Crippen molar-refractivity contribution in [3.63, 3.8) is 0 Å². The molecule has 0 unspecified atom stereocenters. The van der Waals surface area contributed by atoms with Gasteiger partial charge in [-0.05, 0) is 92.3 Å². The molecule has 1 aliphatic rings. The number of allylic oxidation sites excluding steroid dienone is 2. The molecular formula is C45H34N2O2Si. The number of rotatable bonds is 7. The Balaban J connectivity index is 1.23. The van der Waals surface area contributed by atoms with Gasteiger partial charge in [0.1, 0.15) is 19.1 Å². The van der Waals surface area contributed by atoms with Crippen molar-refractivity contribution in [1.82, 2.24) is 9.97 Å².